The fourth-order valence-corrected chi connectivity index (χ4v) is 4.89. The van der Waals surface area contributed by atoms with Crippen LogP contribution < -0.4 is 31.2 Å². The van der Waals surface area contributed by atoms with Gasteiger partial charge in [-0.2, -0.15) is 4.37 Å². The number of nitrogens with zero attached hydrogens (tertiary/aromatic N) is 3. The van der Waals surface area contributed by atoms with Crippen LogP contribution in [0.5, 0.6) is 11.5 Å². The molecule has 40 heavy (non-hydrogen) atoms. The molecule has 208 valence electrons. The first kappa shape index (κ1) is 28.3. The molecule has 0 radical (unpaired) electrons. The second-order valence-corrected chi connectivity index (χ2v) is 9.27. The maximum Gasteiger partial charge on any atom is 0.273 e. The summed E-state index contributed by atoms with van der Waals surface area (Å²) in [6.07, 6.45) is 1.67. The van der Waals surface area contributed by atoms with Crippen molar-refractivity contribution >= 4 is 51.5 Å². The van der Waals surface area contributed by atoms with Gasteiger partial charge in [-0.25, -0.2) is 0 Å². The second-order valence-electron chi connectivity index (χ2n) is 8.49. The summed E-state index contributed by atoms with van der Waals surface area (Å²) >= 11 is 0.717. The molecule has 0 bridgehead atoms. The van der Waals surface area contributed by atoms with Crippen molar-refractivity contribution in [3.63, 3.8) is 0 Å². The highest BCUT2D eigenvalue weighted by molar-refractivity contribution is 7.09. The molecule has 4 aromatic rings. The zero-order valence-electron chi connectivity index (χ0n) is 22.0. The first-order valence-corrected chi connectivity index (χ1v) is 12.8. The fourth-order valence-electron chi connectivity index (χ4n) is 4.15. The van der Waals surface area contributed by atoms with E-state index in [1.807, 2.05) is 6.07 Å². The number of ether oxygens (including phenoxy) is 3. The van der Waals surface area contributed by atoms with E-state index in [-0.39, 0.29) is 29.4 Å². The van der Waals surface area contributed by atoms with E-state index < -0.39 is 23.8 Å². The number of hydrogen-bond donors (Lipinski definition) is 3. The number of aromatic nitrogens is 2. The van der Waals surface area contributed by atoms with Gasteiger partial charge in [0.25, 0.3) is 11.8 Å². The van der Waals surface area contributed by atoms with E-state index >= 15 is 0 Å². The Balaban J connectivity index is 1.94. The quantitative estimate of drug-likeness (QED) is 0.231. The zero-order chi connectivity index (χ0) is 28.8. The standard InChI is InChI=1S/C27H28N6O6S/c1-37-12-11-31-26(35)23(16-6-8-18-15(13-16)5-4-10-30-18)33(17-7-9-19(38-2)20(14-17)39-3)27(36)24-21(28)22(25(29)34)32-40-24/h4-10,13-14,23H,11-12,28H2,1-3H3,(H2,29,34)(H,31,35). The molecule has 1 atom stereocenters. The number of fused-ring (bicyclic) bond motifs is 1. The van der Waals surface area contributed by atoms with Gasteiger partial charge in [-0.3, -0.25) is 24.3 Å². The molecule has 13 heteroatoms. The highest BCUT2D eigenvalue weighted by Crippen LogP contribution is 2.38. The van der Waals surface area contributed by atoms with Crippen LogP contribution in [0.3, 0.4) is 0 Å². The number of nitrogens with one attached hydrogen (secondary N) is 1. The molecule has 2 aromatic carbocycles. The zero-order valence-corrected chi connectivity index (χ0v) is 22.9. The lowest BCUT2D eigenvalue weighted by Gasteiger charge is -2.31. The molecular formula is C27H28N6O6S. The number of nitrogens with two attached hydrogens (primary N) is 2. The van der Waals surface area contributed by atoms with Crippen molar-refractivity contribution < 1.29 is 28.6 Å². The van der Waals surface area contributed by atoms with Gasteiger partial charge in [0.1, 0.15) is 10.9 Å². The number of carbonyl (C=O) groups is 3. The van der Waals surface area contributed by atoms with Crippen molar-refractivity contribution in [1.82, 2.24) is 14.7 Å². The predicted octanol–water partition coefficient (Wildman–Crippen LogP) is 2.54. The van der Waals surface area contributed by atoms with Crippen LogP contribution in [0.2, 0.25) is 0 Å². The van der Waals surface area contributed by atoms with Gasteiger partial charge in [-0.1, -0.05) is 12.1 Å². The van der Waals surface area contributed by atoms with Crippen LogP contribution in [0.15, 0.2) is 54.7 Å². The van der Waals surface area contributed by atoms with Crippen LogP contribution in [0.4, 0.5) is 11.4 Å². The smallest absolute Gasteiger partial charge is 0.273 e. The average molecular weight is 565 g/mol. The number of primary amides is 1. The third kappa shape index (κ3) is 5.65. The number of pyridine rings is 1. The molecule has 0 fully saturated rings. The van der Waals surface area contributed by atoms with E-state index in [2.05, 4.69) is 14.7 Å². The summed E-state index contributed by atoms with van der Waals surface area (Å²) in [4.78, 5) is 45.5. The van der Waals surface area contributed by atoms with Crippen LogP contribution in [-0.2, 0) is 9.53 Å². The highest BCUT2D eigenvalue weighted by atomic mass is 32.1. The van der Waals surface area contributed by atoms with Crippen LogP contribution in [0.25, 0.3) is 10.9 Å². The SMILES string of the molecule is COCCNC(=O)C(c1ccc2ncccc2c1)N(C(=O)c1snc(C(N)=O)c1N)c1ccc(OC)c(OC)c1. The first-order chi connectivity index (χ1) is 19.3. The summed E-state index contributed by atoms with van der Waals surface area (Å²) in [5.74, 6) is -1.28. The Labute approximate surface area is 234 Å². The van der Waals surface area contributed by atoms with Crippen molar-refractivity contribution in [2.24, 2.45) is 5.73 Å². The number of rotatable bonds is 11. The van der Waals surface area contributed by atoms with E-state index in [1.165, 1.54) is 26.2 Å². The Morgan fingerprint density at radius 3 is 2.50 bits per heavy atom. The minimum Gasteiger partial charge on any atom is -0.493 e. The minimum atomic E-state index is -1.19. The minimum absolute atomic E-state index is 0.0549. The molecule has 0 spiro atoms. The summed E-state index contributed by atoms with van der Waals surface area (Å²) in [6, 6.07) is 12.5. The lowest BCUT2D eigenvalue weighted by molar-refractivity contribution is -0.122. The molecule has 3 amide bonds. The molecule has 0 aliphatic heterocycles. The molecule has 0 aliphatic rings. The Morgan fingerprint density at radius 1 is 1.05 bits per heavy atom. The summed E-state index contributed by atoms with van der Waals surface area (Å²) in [5.41, 5.74) is 12.6. The summed E-state index contributed by atoms with van der Waals surface area (Å²) in [6.45, 7) is 0.456. The van der Waals surface area contributed by atoms with Crippen molar-refractivity contribution in [1.29, 1.82) is 0 Å². The van der Waals surface area contributed by atoms with E-state index in [9.17, 15) is 14.4 Å². The molecule has 0 saturated heterocycles. The molecule has 5 N–H and O–H groups in total. The van der Waals surface area contributed by atoms with Crippen LogP contribution >= 0.6 is 11.5 Å². The van der Waals surface area contributed by atoms with Gasteiger partial charge in [0.2, 0.25) is 5.91 Å². The molecule has 0 aliphatic carbocycles. The Morgan fingerprint density at radius 2 is 1.82 bits per heavy atom. The lowest BCUT2D eigenvalue weighted by atomic mass is 10.00. The number of carbonyl (C=O) groups excluding carboxylic acids is 3. The molecule has 2 aromatic heterocycles. The normalized spacial score (nSPS) is 11.6. The van der Waals surface area contributed by atoms with Crippen LogP contribution in [0, 0.1) is 0 Å². The largest absolute Gasteiger partial charge is 0.493 e. The lowest BCUT2D eigenvalue weighted by Crippen LogP contribution is -2.44. The topological polar surface area (TPSA) is 172 Å². The molecule has 4 rings (SSSR count). The molecular weight excluding hydrogens is 536 g/mol. The van der Waals surface area contributed by atoms with Gasteiger partial charge >= 0.3 is 0 Å². The highest BCUT2D eigenvalue weighted by Gasteiger charge is 2.36. The summed E-state index contributed by atoms with van der Waals surface area (Å²) < 4.78 is 19.9. The number of anilines is 2. The Hall–Kier alpha value is -4.75. The average Bonchev–Trinajstić information content (AvgIpc) is 3.36. The maximum atomic E-state index is 14.2. The van der Waals surface area contributed by atoms with Gasteiger partial charge in [-0.05, 0) is 47.4 Å². The number of amides is 3. The fraction of sp³-hybridized carbons (Fsp3) is 0.222. The second kappa shape index (κ2) is 12.4. The number of hydrogen-bond acceptors (Lipinski definition) is 10. The van der Waals surface area contributed by atoms with Crippen molar-refractivity contribution in [2.75, 3.05) is 45.1 Å². The van der Waals surface area contributed by atoms with Crippen LogP contribution in [-0.4, -0.2) is 61.6 Å². The van der Waals surface area contributed by atoms with Gasteiger partial charge in [-0.15, -0.1) is 0 Å². The van der Waals surface area contributed by atoms with E-state index in [0.29, 0.717) is 39.8 Å². The van der Waals surface area contributed by atoms with E-state index in [0.717, 1.165) is 5.39 Å². The van der Waals surface area contributed by atoms with Crippen LogP contribution in [0.1, 0.15) is 31.8 Å². The van der Waals surface area contributed by atoms with Crippen molar-refractivity contribution in [2.45, 2.75) is 6.04 Å². The van der Waals surface area contributed by atoms with Crippen molar-refractivity contribution in [3.8, 4) is 11.5 Å². The van der Waals surface area contributed by atoms with Crippen molar-refractivity contribution in [3.05, 3.63) is 70.9 Å². The molecule has 2 heterocycles. The monoisotopic (exact) mass is 564 g/mol. The molecule has 0 saturated carbocycles. The van der Waals surface area contributed by atoms with E-state index in [1.54, 1.807) is 48.7 Å². The Kier molecular flexibility index (Phi) is 8.76. The maximum absolute atomic E-state index is 14.2. The third-order valence-corrected chi connectivity index (χ3v) is 6.93. The Bertz CT molecular complexity index is 1560. The third-order valence-electron chi connectivity index (χ3n) is 6.07. The van der Waals surface area contributed by atoms with Gasteiger partial charge in [0.15, 0.2) is 17.2 Å². The number of methoxy groups -OCH3 is 3. The number of benzene rings is 2. The summed E-state index contributed by atoms with van der Waals surface area (Å²) in [5, 5.41) is 3.60. The van der Waals surface area contributed by atoms with Gasteiger partial charge in [0.05, 0.1) is 32.0 Å². The van der Waals surface area contributed by atoms with Gasteiger partial charge in [0, 0.05) is 37.0 Å². The van der Waals surface area contributed by atoms with E-state index in [4.69, 9.17) is 25.7 Å². The van der Waals surface area contributed by atoms with Gasteiger partial charge < -0.3 is 31.0 Å². The number of nitrogen functional groups attached to an aromatic ring is 1. The summed E-state index contributed by atoms with van der Waals surface area (Å²) in [7, 11) is 4.46. The molecule has 1 unspecified atom stereocenters. The predicted molar refractivity (Wildman–Crippen MR) is 151 cm³/mol. The molecule has 12 nitrogen and oxygen atoms in total. The first-order valence-electron chi connectivity index (χ1n) is 12.0.